The van der Waals surface area contributed by atoms with Gasteiger partial charge in [0, 0.05) is 11.2 Å². The first-order valence-electron chi connectivity index (χ1n) is 6.71. The first-order chi connectivity index (χ1) is 11.0. The fourth-order valence-corrected chi connectivity index (χ4v) is 1.70. The SMILES string of the molecule is CCOC(=O)C(=CNc1ccc(Cl)cc1N=C=O)C(=O)OCC. The molecule has 1 aromatic rings. The monoisotopic (exact) mass is 338 g/mol. The van der Waals surface area contributed by atoms with Gasteiger partial charge in [0.25, 0.3) is 0 Å². The highest BCUT2D eigenvalue weighted by molar-refractivity contribution is 6.31. The second-order valence-electron chi connectivity index (χ2n) is 4.01. The number of aliphatic imine (C=N–C) groups is 1. The van der Waals surface area contributed by atoms with Gasteiger partial charge in [0.05, 0.1) is 18.9 Å². The summed E-state index contributed by atoms with van der Waals surface area (Å²) in [5, 5.41) is 3.07. The van der Waals surface area contributed by atoms with E-state index in [1.165, 1.54) is 18.2 Å². The number of nitrogens with one attached hydrogen (secondary N) is 1. The summed E-state index contributed by atoms with van der Waals surface area (Å²) in [6.07, 6.45) is 2.53. The largest absolute Gasteiger partial charge is 0.462 e. The van der Waals surface area contributed by atoms with Crippen LogP contribution in [-0.4, -0.2) is 31.2 Å². The molecule has 0 spiro atoms. The highest BCUT2D eigenvalue weighted by Crippen LogP contribution is 2.28. The molecule has 1 N–H and O–H groups in total. The van der Waals surface area contributed by atoms with Crippen LogP contribution < -0.4 is 5.32 Å². The number of ether oxygens (including phenoxy) is 2. The van der Waals surface area contributed by atoms with Crippen molar-refractivity contribution in [2.45, 2.75) is 13.8 Å². The van der Waals surface area contributed by atoms with Gasteiger partial charge in [0.1, 0.15) is 5.69 Å². The molecule has 8 heteroatoms. The Morgan fingerprint density at radius 1 is 1.26 bits per heavy atom. The van der Waals surface area contributed by atoms with Crippen molar-refractivity contribution in [3.05, 3.63) is 35.0 Å². The third kappa shape index (κ3) is 5.58. The molecule has 0 aliphatic heterocycles. The first-order valence-corrected chi connectivity index (χ1v) is 7.09. The lowest BCUT2D eigenvalue weighted by molar-refractivity contribution is -0.146. The van der Waals surface area contributed by atoms with E-state index >= 15 is 0 Å². The minimum absolute atomic E-state index is 0.108. The number of isocyanates is 1. The molecule has 7 nitrogen and oxygen atoms in total. The minimum Gasteiger partial charge on any atom is -0.462 e. The highest BCUT2D eigenvalue weighted by atomic mass is 35.5. The average molecular weight is 339 g/mol. The van der Waals surface area contributed by atoms with Crippen LogP contribution in [0, 0.1) is 0 Å². The van der Waals surface area contributed by atoms with E-state index in [0.29, 0.717) is 10.7 Å². The molecule has 0 atom stereocenters. The van der Waals surface area contributed by atoms with Gasteiger partial charge in [-0.1, -0.05) is 11.6 Å². The Hall–Kier alpha value is -2.63. The second-order valence-corrected chi connectivity index (χ2v) is 4.44. The molecule has 0 heterocycles. The zero-order valence-electron chi connectivity index (χ0n) is 12.6. The van der Waals surface area contributed by atoms with Gasteiger partial charge < -0.3 is 14.8 Å². The van der Waals surface area contributed by atoms with Gasteiger partial charge in [0.2, 0.25) is 6.08 Å². The van der Waals surface area contributed by atoms with Crippen molar-refractivity contribution < 1.29 is 23.9 Å². The summed E-state index contributed by atoms with van der Waals surface area (Å²) in [4.78, 5) is 37.5. The summed E-state index contributed by atoms with van der Waals surface area (Å²) in [6.45, 7) is 3.45. The van der Waals surface area contributed by atoms with Crippen molar-refractivity contribution in [3.63, 3.8) is 0 Å². The summed E-state index contributed by atoms with van der Waals surface area (Å²) in [7, 11) is 0. The minimum atomic E-state index is -0.826. The standard InChI is InChI=1S/C15H15ClN2O5/c1-3-22-14(20)11(15(21)23-4-2)8-17-12-6-5-10(16)7-13(12)18-9-19/h5-8,17H,3-4H2,1-2H3. The van der Waals surface area contributed by atoms with Crippen molar-refractivity contribution in [2.24, 2.45) is 4.99 Å². The topological polar surface area (TPSA) is 94.1 Å². The number of benzene rings is 1. The van der Waals surface area contributed by atoms with Gasteiger partial charge in [-0.3, -0.25) is 0 Å². The molecule has 0 unspecified atom stereocenters. The summed E-state index contributed by atoms with van der Waals surface area (Å²) in [5.41, 5.74) is 0.240. The Balaban J connectivity index is 3.11. The third-order valence-corrected chi connectivity index (χ3v) is 2.72. The van der Waals surface area contributed by atoms with Crippen LogP contribution in [0.4, 0.5) is 11.4 Å². The lowest BCUT2D eigenvalue weighted by Gasteiger charge is -2.09. The zero-order chi connectivity index (χ0) is 17.2. The zero-order valence-corrected chi connectivity index (χ0v) is 13.3. The number of hydrogen-bond donors (Lipinski definition) is 1. The number of carbonyl (C=O) groups excluding carboxylic acids is 3. The summed E-state index contributed by atoms with van der Waals surface area (Å²) in [5.74, 6) is -1.65. The molecule has 0 aromatic heterocycles. The fourth-order valence-electron chi connectivity index (χ4n) is 1.54. The number of esters is 2. The molecule has 0 radical (unpaired) electrons. The number of nitrogens with zero attached hydrogens (tertiary/aromatic N) is 1. The lowest BCUT2D eigenvalue weighted by Crippen LogP contribution is -2.19. The van der Waals surface area contributed by atoms with Crippen molar-refractivity contribution in [1.82, 2.24) is 0 Å². The molecule has 0 saturated heterocycles. The van der Waals surface area contributed by atoms with Crippen LogP contribution in [0.1, 0.15) is 13.8 Å². The van der Waals surface area contributed by atoms with Crippen LogP contribution in [0.15, 0.2) is 35.0 Å². The van der Waals surface area contributed by atoms with Gasteiger partial charge in [-0.25, -0.2) is 14.4 Å². The normalized spacial score (nSPS) is 9.35. The molecule has 1 rings (SSSR count). The van der Waals surface area contributed by atoms with E-state index in [1.54, 1.807) is 19.9 Å². The summed E-state index contributed by atoms with van der Waals surface area (Å²) >= 11 is 5.82. The van der Waals surface area contributed by atoms with E-state index in [-0.39, 0.29) is 24.5 Å². The van der Waals surface area contributed by atoms with Crippen molar-refractivity contribution >= 4 is 41.0 Å². The van der Waals surface area contributed by atoms with Crippen LogP contribution in [0.5, 0.6) is 0 Å². The summed E-state index contributed by atoms with van der Waals surface area (Å²) in [6, 6.07) is 4.51. The van der Waals surface area contributed by atoms with E-state index < -0.39 is 11.9 Å². The maximum atomic E-state index is 11.8. The first kappa shape index (κ1) is 18.4. The molecule has 0 aliphatic rings. The quantitative estimate of drug-likeness (QED) is 0.205. The van der Waals surface area contributed by atoms with E-state index in [0.717, 1.165) is 6.20 Å². The number of halogens is 1. The molecule has 0 aliphatic carbocycles. The molecule has 0 amide bonds. The van der Waals surface area contributed by atoms with Gasteiger partial charge in [0.15, 0.2) is 5.57 Å². The molecule has 0 bridgehead atoms. The van der Waals surface area contributed by atoms with Crippen LogP contribution in [0.25, 0.3) is 0 Å². The molecule has 1 aromatic carbocycles. The van der Waals surface area contributed by atoms with E-state index in [9.17, 15) is 14.4 Å². The Morgan fingerprint density at radius 2 is 1.87 bits per heavy atom. The van der Waals surface area contributed by atoms with Gasteiger partial charge in [-0.15, -0.1) is 0 Å². The van der Waals surface area contributed by atoms with Crippen molar-refractivity contribution in [3.8, 4) is 0 Å². The van der Waals surface area contributed by atoms with Gasteiger partial charge in [-0.2, -0.15) is 4.99 Å². The third-order valence-electron chi connectivity index (χ3n) is 2.49. The average Bonchev–Trinajstić information content (AvgIpc) is 2.50. The molecular formula is C15H15ClN2O5. The number of anilines is 1. The van der Waals surface area contributed by atoms with E-state index in [1.807, 2.05) is 0 Å². The Bertz CT molecular complexity index is 646. The fraction of sp³-hybridized carbons (Fsp3) is 0.267. The second kappa shape index (κ2) is 9.40. The van der Waals surface area contributed by atoms with E-state index in [2.05, 4.69) is 10.3 Å². The van der Waals surface area contributed by atoms with Crippen LogP contribution >= 0.6 is 11.6 Å². The van der Waals surface area contributed by atoms with Crippen molar-refractivity contribution in [2.75, 3.05) is 18.5 Å². The Morgan fingerprint density at radius 3 is 2.39 bits per heavy atom. The van der Waals surface area contributed by atoms with Gasteiger partial charge >= 0.3 is 11.9 Å². The van der Waals surface area contributed by atoms with E-state index in [4.69, 9.17) is 21.1 Å². The predicted molar refractivity (Wildman–Crippen MR) is 84.2 cm³/mol. The number of carbonyl (C=O) groups is 2. The molecule has 122 valence electrons. The van der Waals surface area contributed by atoms with Crippen LogP contribution in [0.2, 0.25) is 5.02 Å². The predicted octanol–water partition coefficient (Wildman–Crippen LogP) is 2.73. The lowest BCUT2D eigenvalue weighted by atomic mass is 10.2. The molecule has 0 fully saturated rings. The molecule has 23 heavy (non-hydrogen) atoms. The van der Waals surface area contributed by atoms with Gasteiger partial charge in [-0.05, 0) is 32.0 Å². The van der Waals surface area contributed by atoms with Crippen LogP contribution in [0.3, 0.4) is 0 Å². The number of hydrogen-bond acceptors (Lipinski definition) is 7. The summed E-state index contributed by atoms with van der Waals surface area (Å²) < 4.78 is 9.60. The van der Waals surface area contributed by atoms with Crippen molar-refractivity contribution in [1.29, 1.82) is 0 Å². The maximum Gasteiger partial charge on any atom is 0.347 e. The molecular weight excluding hydrogens is 324 g/mol. The Kier molecular flexibility index (Phi) is 7.53. The maximum absolute atomic E-state index is 11.8. The highest BCUT2D eigenvalue weighted by Gasteiger charge is 2.21. The Labute approximate surface area is 137 Å². The van der Waals surface area contributed by atoms with Crippen LogP contribution in [-0.2, 0) is 23.9 Å². The number of rotatable bonds is 7. The smallest absolute Gasteiger partial charge is 0.347 e. The molecule has 0 saturated carbocycles.